The number of benzene rings is 1. The zero-order chi connectivity index (χ0) is 11.2. The fourth-order valence-corrected chi connectivity index (χ4v) is 2.49. The lowest BCUT2D eigenvalue weighted by molar-refractivity contribution is 0.472. The SMILES string of the molecule is CC(N)C1(c2c(F)cc(Br)cc2F)CC1. The average Bonchev–Trinajstić information content (AvgIpc) is 2.83. The fraction of sp³-hybridized carbons (Fsp3) is 0.455. The Bertz CT molecular complexity index is 377. The van der Waals surface area contributed by atoms with Crippen molar-refractivity contribution in [3.8, 4) is 0 Å². The van der Waals surface area contributed by atoms with Crippen molar-refractivity contribution in [2.75, 3.05) is 0 Å². The Morgan fingerprint density at radius 3 is 2.13 bits per heavy atom. The van der Waals surface area contributed by atoms with Crippen LogP contribution >= 0.6 is 15.9 Å². The number of hydrogen-bond acceptors (Lipinski definition) is 1. The van der Waals surface area contributed by atoms with Gasteiger partial charge in [0.2, 0.25) is 0 Å². The third-order valence-electron chi connectivity index (χ3n) is 3.17. The fourth-order valence-electron chi connectivity index (χ4n) is 2.09. The zero-order valence-corrected chi connectivity index (χ0v) is 9.94. The number of rotatable bonds is 2. The van der Waals surface area contributed by atoms with Gasteiger partial charge in [0.25, 0.3) is 0 Å². The molecule has 1 aromatic carbocycles. The monoisotopic (exact) mass is 275 g/mol. The molecule has 0 bridgehead atoms. The molecule has 1 aliphatic rings. The predicted molar refractivity (Wildman–Crippen MR) is 58.6 cm³/mol. The van der Waals surface area contributed by atoms with E-state index >= 15 is 0 Å². The molecule has 0 aliphatic heterocycles. The lowest BCUT2D eigenvalue weighted by Crippen LogP contribution is -2.33. The average molecular weight is 276 g/mol. The summed E-state index contributed by atoms with van der Waals surface area (Å²) in [5, 5.41) is 0. The van der Waals surface area contributed by atoms with Gasteiger partial charge in [0.15, 0.2) is 0 Å². The summed E-state index contributed by atoms with van der Waals surface area (Å²) in [6, 6.07) is 2.37. The molecule has 1 aliphatic carbocycles. The molecular weight excluding hydrogens is 264 g/mol. The molecular formula is C11H12BrF2N. The number of hydrogen-bond donors (Lipinski definition) is 1. The van der Waals surface area contributed by atoms with Crippen LogP contribution in [0.4, 0.5) is 8.78 Å². The summed E-state index contributed by atoms with van der Waals surface area (Å²) in [5.74, 6) is -1.01. The van der Waals surface area contributed by atoms with Crippen molar-refractivity contribution in [2.24, 2.45) is 5.73 Å². The van der Waals surface area contributed by atoms with Crippen LogP contribution in [0.2, 0.25) is 0 Å². The van der Waals surface area contributed by atoms with Crippen LogP contribution in [0, 0.1) is 11.6 Å². The normalized spacial score (nSPS) is 20.1. The van der Waals surface area contributed by atoms with Gasteiger partial charge in [-0.25, -0.2) is 8.78 Å². The molecule has 15 heavy (non-hydrogen) atoms. The second-order valence-electron chi connectivity index (χ2n) is 4.19. The summed E-state index contributed by atoms with van der Waals surface area (Å²) < 4.78 is 27.8. The molecule has 2 N–H and O–H groups in total. The molecule has 0 aromatic heterocycles. The first-order valence-electron chi connectivity index (χ1n) is 4.88. The van der Waals surface area contributed by atoms with E-state index in [0.717, 1.165) is 12.8 Å². The Hall–Kier alpha value is -0.480. The number of nitrogens with two attached hydrogens (primary N) is 1. The van der Waals surface area contributed by atoms with Gasteiger partial charge in [-0.3, -0.25) is 0 Å². The summed E-state index contributed by atoms with van der Waals surface area (Å²) in [7, 11) is 0. The maximum Gasteiger partial charge on any atom is 0.131 e. The van der Waals surface area contributed by atoms with Crippen LogP contribution < -0.4 is 5.73 Å². The van der Waals surface area contributed by atoms with Gasteiger partial charge < -0.3 is 5.73 Å². The molecule has 0 amide bonds. The van der Waals surface area contributed by atoms with Crippen molar-refractivity contribution in [3.05, 3.63) is 33.8 Å². The van der Waals surface area contributed by atoms with Crippen LogP contribution in [0.15, 0.2) is 16.6 Å². The second-order valence-corrected chi connectivity index (χ2v) is 5.10. The summed E-state index contributed by atoms with van der Waals surface area (Å²) in [6.07, 6.45) is 1.53. The molecule has 82 valence electrons. The molecule has 1 unspecified atom stereocenters. The highest BCUT2D eigenvalue weighted by Gasteiger charge is 2.50. The van der Waals surface area contributed by atoms with Gasteiger partial charge in [-0.2, -0.15) is 0 Å². The quantitative estimate of drug-likeness (QED) is 0.882. The van der Waals surface area contributed by atoms with E-state index < -0.39 is 17.0 Å². The summed E-state index contributed by atoms with van der Waals surface area (Å²) in [6.45, 7) is 1.80. The van der Waals surface area contributed by atoms with Gasteiger partial charge in [0, 0.05) is 21.5 Å². The first-order valence-corrected chi connectivity index (χ1v) is 5.67. The Labute approximate surface area is 95.8 Å². The highest BCUT2D eigenvalue weighted by molar-refractivity contribution is 9.10. The highest BCUT2D eigenvalue weighted by Crippen LogP contribution is 2.52. The van der Waals surface area contributed by atoms with Crippen LogP contribution in [0.25, 0.3) is 0 Å². The maximum absolute atomic E-state index is 13.7. The maximum atomic E-state index is 13.7. The largest absolute Gasteiger partial charge is 0.327 e. The van der Waals surface area contributed by atoms with Crippen molar-refractivity contribution < 1.29 is 8.78 Å². The third-order valence-corrected chi connectivity index (χ3v) is 3.62. The minimum atomic E-state index is -0.503. The van der Waals surface area contributed by atoms with Gasteiger partial charge >= 0.3 is 0 Å². The summed E-state index contributed by atoms with van der Waals surface area (Å²) in [5.41, 5.74) is 5.47. The van der Waals surface area contributed by atoms with Crippen LogP contribution in [0.3, 0.4) is 0 Å². The van der Waals surface area contributed by atoms with Crippen LogP contribution in [-0.4, -0.2) is 6.04 Å². The molecule has 0 saturated heterocycles. The second kappa shape index (κ2) is 3.52. The number of halogens is 3. The molecule has 0 heterocycles. The molecule has 0 radical (unpaired) electrons. The van der Waals surface area contributed by atoms with Crippen LogP contribution in [-0.2, 0) is 5.41 Å². The van der Waals surface area contributed by atoms with Crippen molar-refractivity contribution >= 4 is 15.9 Å². The minimum Gasteiger partial charge on any atom is -0.327 e. The van der Waals surface area contributed by atoms with E-state index in [4.69, 9.17) is 5.73 Å². The minimum absolute atomic E-state index is 0.153. The van der Waals surface area contributed by atoms with E-state index in [2.05, 4.69) is 15.9 Å². The molecule has 1 fully saturated rings. The Kier molecular flexibility index (Phi) is 2.59. The van der Waals surface area contributed by atoms with Gasteiger partial charge in [-0.15, -0.1) is 0 Å². The van der Waals surface area contributed by atoms with Crippen molar-refractivity contribution in [1.82, 2.24) is 0 Å². The Balaban J connectivity index is 2.54. The van der Waals surface area contributed by atoms with E-state index in [9.17, 15) is 8.78 Å². The summed E-state index contributed by atoms with van der Waals surface area (Å²) >= 11 is 3.06. The van der Waals surface area contributed by atoms with Crippen molar-refractivity contribution in [3.63, 3.8) is 0 Å². The Morgan fingerprint density at radius 1 is 1.33 bits per heavy atom. The lowest BCUT2D eigenvalue weighted by atomic mass is 9.88. The van der Waals surface area contributed by atoms with E-state index in [-0.39, 0.29) is 11.6 Å². The molecule has 2 rings (SSSR count). The molecule has 1 nitrogen and oxygen atoms in total. The van der Waals surface area contributed by atoms with E-state index in [1.807, 2.05) is 0 Å². The lowest BCUT2D eigenvalue weighted by Gasteiger charge is -2.21. The van der Waals surface area contributed by atoms with Gasteiger partial charge in [-0.1, -0.05) is 15.9 Å². The van der Waals surface area contributed by atoms with Crippen molar-refractivity contribution in [1.29, 1.82) is 0 Å². The van der Waals surface area contributed by atoms with Gasteiger partial charge in [0.05, 0.1) is 0 Å². The first-order chi connectivity index (χ1) is 6.97. The molecule has 4 heteroatoms. The van der Waals surface area contributed by atoms with Crippen molar-refractivity contribution in [2.45, 2.75) is 31.2 Å². The molecule has 1 atom stereocenters. The standard InChI is InChI=1S/C11H12BrF2N/c1-6(15)11(2-3-11)10-8(13)4-7(12)5-9(10)14/h4-6H,2-3,15H2,1H3. The Morgan fingerprint density at radius 2 is 1.80 bits per heavy atom. The van der Waals surface area contributed by atoms with Gasteiger partial charge in [0.1, 0.15) is 11.6 Å². The van der Waals surface area contributed by atoms with E-state index in [1.54, 1.807) is 6.92 Å². The van der Waals surface area contributed by atoms with Crippen LogP contribution in [0.5, 0.6) is 0 Å². The van der Waals surface area contributed by atoms with Gasteiger partial charge in [-0.05, 0) is 31.9 Å². The van der Waals surface area contributed by atoms with E-state index in [1.165, 1.54) is 12.1 Å². The third kappa shape index (κ3) is 1.70. The highest BCUT2D eigenvalue weighted by atomic mass is 79.9. The predicted octanol–water partition coefficient (Wildman–Crippen LogP) is 3.11. The molecule has 1 aromatic rings. The molecule has 0 spiro atoms. The molecule has 1 saturated carbocycles. The van der Waals surface area contributed by atoms with Crippen LogP contribution in [0.1, 0.15) is 25.3 Å². The topological polar surface area (TPSA) is 26.0 Å². The summed E-state index contributed by atoms with van der Waals surface area (Å²) in [4.78, 5) is 0. The smallest absolute Gasteiger partial charge is 0.131 e. The van der Waals surface area contributed by atoms with E-state index in [0.29, 0.717) is 4.47 Å². The zero-order valence-electron chi connectivity index (χ0n) is 8.36. The first kappa shape index (κ1) is 11.0.